The number of ketones is 1. The molecular formula is C35H54N2O4. The lowest BCUT2D eigenvalue weighted by atomic mass is 9.44. The number of carbonyl (C=O) groups excluding carboxylic acids is 2. The number of nitrogens with zero attached hydrogens (tertiary/aromatic N) is 2. The van der Waals surface area contributed by atoms with Crippen molar-refractivity contribution in [3.63, 3.8) is 0 Å². The number of ether oxygens (including phenoxy) is 1. The molecule has 1 aromatic carbocycles. The minimum atomic E-state index is -0.654. The van der Waals surface area contributed by atoms with Crippen LogP contribution in [0, 0.1) is 34.0 Å². The van der Waals surface area contributed by atoms with Gasteiger partial charge in [0.25, 0.3) is 0 Å². The van der Waals surface area contributed by atoms with Crippen molar-refractivity contribution >= 4 is 17.4 Å². The number of aliphatic hydroxyl groups is 1. The van der Waals surface area contributed by atoms with Crippen molar-refractivity contribution in [3.05, 3.63) is 42.5 Å². The fraction of sp³-hybridized carbons (Fsp3) is 0.714. The van der Waals surface area contributed by atoms with Gasteiger partial charge >= 0.3 is 5.97 Å². The Morgan fingerprint density at radius 2 is 1.76 bits per heavy atom. The molecule has 41 heavy (non-hydrogen) atoms. The Hall–Kier alpha value is -2.18. The van der Waals surface area contributed by atoms with Crippen molar-refractivity contribution in [2.75, 3.05) is 31.1 Å². The number of Topliss-reactive ketones (excluding diaryl/α,β-unsaturated/α-hetero) is 1. The summed E-state index contributed by atoms with van der Waals surface area (Å²) < 4.78 is 6.47. The number of hydrogen-bond donors (Lipinski definition) is 1. The molecule has 0 heterocycles. The molecule has 0 radical (unpaired) electrons. The van der Waals surface area contributed by atoms with Crippen LogP contribution in [-0.4, -0.2) is 60.1 Å². The molecule has 0 aliphatic heterocycles. The Morgan fingerprint density at radius 3 is 2.34 bits per heavy atom. The Bertz CT molecular complexity index is 1100. The molecule has 6 nitrogen and oxygen atoms in total. The predicted molar refractivity (Wildman–Crippen MR) is 166 cm³/mol. The van der Waals surface area contributed by atoms with Crippen LogP contribution in [-0.2, 0) is 20.9 Å². The first-order valence-corrected chi connectivity index (χ1v) is 16.0. The summed E-state index contributed by atoms with van der Waals surface area (Å²) in [6.07, 6.45) is 4.45. The van der Waals surface area contributed by atoms with Gasteiger partial charge in [0, 0.05) is 48.5 Å². The Labute approximate surface area is 248 Å². The minimum Gasteiger partial charge on any atom is -0.461 e. The average Bonchev–Trinajstić information content (AvgIpc) is 3.32. The van der Waals surface area contributed by atoms with Crippen LogP contribution >= 0.6 is 0 Å². The summed E-state index contributed by atoms with van der Waals surface area (Å²) in [7, 11) is 0. The summed E-state index contributed by atoms with van der Waals surface area (Å²) in [5.41, 5.74) is 0.993. The SMILES string of the molecule is C=C[C@]1(C)C[C@@H](OC(=O)CN(CC)Cc2ccc(N(CC)CC)cc2)[C@]2(C)[C@H](C)CC[C@]3(CCC(=O)[C@H]32)[C@@H](C)[C@@H]1O. The zero-order chi connectivity index (χ0) is 30.2. The topological polar surface area (TPSA) is 70.1 Å². The average molecular weight is 567 g/mol. The largest absolute Gasteiger partial charge is 0.461 e. The highest BCUT2D eigenvalue weighted by Gasteiger charge is 2.68. The van der Waals surface area contributed by atoms with Gasteiger partial charge in [0.15, 0.2) is 0 Å². The standard InChI is InChI=1S/C35H54N2O4/c1-9-33(7)21-29(34(8)24(5)17-19-35(25(6)32(33)40)20-18-28(38)31(34)35)41-30(39)23-36(10-2)22-26-13-15-27(16-14-26)37(11-3)12-4/h9,13-16,24-25,29,31-32,40H,1,10-12,17-23H2,2-8H3/t24-,25+,29-,31+,32+,33-,34+,35+/m1/s1. The van der Waals surface area contributed by atoms with Crippen LogP contribution in [0.25, 0.3) is 0 Å². The summed E-state index contributed by atoms with van der Waals surface area (Å²) in [4.78, 5) is 31.7. The number of anilines is 1. The zero-order valence-electron chi connectivity index (χ0n) is 26.6. The smallest absolute Gasteiger partial charge is 0.320 e. The van der Waals surface area contributed by atoms with Gasteiger partial charge in [0.2, 0.25) is 0 Å². The van der Waals surface area contributed by atoms with Gasteiger partial charge in [0.05, 0.1) is 12.6 Å². The van der Waals surface area contributed by atoms with Crippen LogP contribution < -0.4 is 4.90 Å². The fourth-order valence-corrected chi connectivity index (χ4v) is 8.82. The van der Waals surface area contributed by atoms with Gasteiger partial charge in [-0.15, -0.1) is 6.58 Å². The first kappa shape index (κ1) is 31.7. The third-order valence-electron chi connectivity index (χ3n) is 11.8. The van der Waals surface area contributed by atoms with Gasteiger partial charge in [-0.05, 0) is 81.0 Å². The van der Waals surface area contributed by atoms with E-state index in [1.54, 1.807) is 0 Å². The molecule has 2 bridgehead atoms. The minimum absolute atomic E-state index is 0.0332. The summed E-state index contributed by atoms with van der Waals surface area (Å²) in [5, 5.41) is 11.7. The van der Waals surface area contributed by atoms with E-state index in [1.807, 2.05) is 13.0 Å². The Kier molecular flexibility index (Phi) is 9.45. The molecule has 8 atom stereocenters. The molecule has 0 unspecified atom stereocenters. The second-order valence-electron chi connectivity index (χ2n) is 13.7. The molecule has 3 fully saturated rings. The number of hydrogen-bond acceptors (Lipinski definition) is 6. The highest BCUT2D eigenvalue weighted by molar-refractivity contribution is 5.85. The lowest BCUT2D eigenvalue weighted by Crippen LogP contribution is -2.63. The van der Waals surface area contributed by atoms with Gasteiger partial charge in [-0.3, -0.25) is 14.5 Å². The molecule has 0 aromatic heterocycles. The van der Waals surface area contributed by atoms with E-state index in [4.69, 9.17) is 4.74 Å². The summed E-state index contributed by atoms with van der Waals surface area (Å²) in [6, 6.07) is 8.60. The fourth-order valence-electron chi connectivity index (χ4n) is 8.82. The van der Waals surface area contributed by atoms with Crippen molar-refractivity contribution in [2.45, 2.75) is 99.3 Å². The summed E-state index contributed by atoms with van der Waals surface area (Å²) in [5.74, 6) is 0.00533. The van der Waals surface area contributed by atoms with Gasteiger partial charge in [-0.1, -0.05) is 52.8 Å². The van der Waals surface area contributed by atoms with Gasteiger partial charge in [-0.25, -0.2) is 0 Å². The number of benzene rings is 1. The summed E-state index contributed by atoms with van der Waals surface area (Å²) in [6.45, 7) is 22.6. The number of rotatable bonds is 10. The molecule has 0 amide bonds. The molecular weight excluding hydrogens is 512 g/mol. The van der Waals surface area contributed by atoms with Gasteiger partial charge in [-0.2, -0.15) is 0 Å². The van der Waals surface area contributed by atoms with Crippen molar-refractivity contribution in [2.24, 2.45) is 34.0 Å². The number of carbonyl (C=O) groups is 2. The predicted octanol–water partition coefficient (Wildman–Crippen LogP) is 6.26. The number of esters is 1. The molecule has 3 aliphatic carbocycles. The molecule has 3 saturated carbocycles. The maximum atomic E-state index is 13.7. The van der Waals surface area contributed by atoms with Crippen LogP contribution in [0.3, 0.4) is 0 Å². The van der Waals surface area contributed by atoms with Crippen molar-refractivity contribution in [3.8, 4) is 0 Å². The Balaban J connectivity index is 1.58. The van der Waals surface area contributed by atoms with E-state index < -0.39 is 23.0 Å². The van der Waals surface area contributed by atoms with E-state index >= 15 is 0 Å². The van der Waals surface area contributed by atoms with E-state index in [1.165, 1.54) is 5.69 Å². The van der Waals surface area contributed by atoms with Crippen molar-refractivity contribution < 1.29 is 19.4 Å². The maximum absolute atomic E-state index is 13.7. The van der Waals surface area contributed by atoms with E-state index in [9.17, 15) is 14.7 Å². The molecule has 4 rings (SSSR count). The normalized spacial score (nSPS) is 36.8. The lowest BCUT2D eigenvalue weighted by Gasteiger charge is -2.61. The highest BCUT2D eigenvalue weighted by atomic mass is 16.5. The number of aliphatic hydroxyl groups excluding tert-OH is 1. The molecule has 1 aromatic rings. The van der Waals surface area contributed by atoms with Crippen LogP contribution in [0.5, 0.6) is 0 Å². The maximum Gasteiger partial charge on any atom is 0.320 e. The van der Waals surface area contributed by atoms with E-state index in [-0.39, 0.29) is 41.5 Å². The third-order valence-corrected chi connectivity index (χ3v) is 11.8. The van der Waals surface area contributed by atoms with Crippen molar-refractivity contribution in [1.82, 2.24) is 4.90 Å². The number of likely N-dealkylation sites (N-methyl/N-ethyl adjacent to an activating group) is 1. The van der Waals surface area contributed by atoms with Gasteiger partial charge < -0.3 is 14.7 Å². The van der Waals surface area contributed by atoms with E-state index in [2.05, 4.69) is 82.2 Å². The summed E-state index contributed by atoms with van der Waals surface area (Å²) >= 11 is 0. The third kappa shape index (κ3) is 5.51. The molecule has 0 spiro atoms. The molecule has 6 heteroatoms. The lowest BCUT2D eigenvalue weighted by molar-refractivity contribution is -0.207. The molecule has 0 saturated heterocycles. The monoisotopic (exact) mass is 566 g/mol. The first-order valence-electron chi connectivity index (χ1n) is 16.0. The van der Waals surface area contributed by atoms with Gasteiger partial charge in [0.1, 0.15) is 11.9 Å². The second kappa shape index (κ2) is 12.2. The van der Waals surface area contributed by atoms with E-state index in [0.29, 0.717) is 19.4 Å². The van der Waals surface area contributed by atoms with Crippen LogP contribution in [0.4, 0.5) is 5.69 Å². The Morgan fingerprint density at radius 1 is 1.10 bits per heavy atom. The van der Waals surface area contributed by atoms with Crippen LogP contribution in [0.1, 0.15) is 86.1 Å². The molecule has 228 valence electrons. The van der Waals surface area contributed by atoms with Crippen LogP contribution in [0.2, 0.25) is 0 Å². The highest BCUT2D eigenvalue weighted by Crippen LogP contribution is 2.68. The molecule has 1 N–H and O–H groups in total. The zero-order valence-corrected chi connectivity index (χ0v) is 26.6. The second-order valence-corrected chi connectivity index (χ2v) is 13.7. The first-order chi connectivity index (χ1) is 19.4. The molecule has 3 aliphatic rings. The van der Waals surface area contributed by atoms with E-state index in [0.717, 1.165) is 44.5 Å². The van der Waals surface area contributed by atoms with Crippen LogP contribution in [0.15, 0.2) is 36.9 Å². The van der Waals surface area contributed by atoms with Crippen molar-refractivity contribution in [1.29, 1.82) is 0 Å². The quantitative estimate of drug-likeness (QED) is 0.266.